The summed E-state index contributed by atoms with van der Waals surface area (Å²) < 4.78 is 2.00. The molecule has 1 heterocycles. The zero-order chi connectivity index (χ0) is 13.0. The first-order valence-corrected chi connectivity index (χ1v) is 7.33. The van der Waals surface area contributed by atoms with E-state index in [2.05, 4.69) is 64.1 Å². The number of hydrogen-bond donors (Lipinski definition) is 0. The molecule has 0 amide bonds. The Morgan fingerprint density at radius 3 is 2.56 bits per heavy atom. The van der Waals surface area contributed by atoms with E-state index in [4.69, 9.17) is 0 Å². The third-order valence-electron chi connectivity index (χ3n) is 3.02. The quantitative estimate of drug-likeness (QED) is 0.791. The zero-order valence-corrected chi connectivity index (χ0v) is 12.3. The van der Waals surface area contributed by atoms with Crippen molar-refractivity contribution in [1.82, 2.24) is 14.8 Å². The van der Waals surface area contributed by atoms with Gasteiger partial charge in [0.25, 0.3) is 0 Å². The van der Waals surface area contributed by atoms with Crippen molar-refractivity contribution in [2.24, 2.45) is 0 Å². The van der Waals surface area contributed by atoms with Gasteiger partial charge in [-0.25, -0.2) is 9.67 Å². The Hall–Kier alpha value is -1.16. The first kappa shape index (κ1) is 13.3. The van der Waals surface area contributed by atoms with Gasteiger partial charge in [-0.1, -0.05) is 46.3 Å². The summed E-state index contributed by atoms with van der Waals surface area (Å²) in [6.07, 6.45) is 2.55. The molecule has 0 aliphatic carbocycles. The van der Waals surface area contributed by atoms with Crippen molar-refractivity contribution >= 4 is 15.9 Å². The van der Waals surface area contributed by atoms with Crippen LogP contribution in [0.3, 0.4) is 0 Å². The van der Waals surface area contributed by atoms with Gasteiger partial charge in [0.05, 0.1) is 0 Å². The molecule has 18 heavy (non-hydrogen) atoms. The van der Waals surface area contributed by atoms with Crippen molar-refractivity contribution in [2.75, 3.05) is 5.33 Å². The average Bonchev–Trinajstić information content (AvgIpc) is 2.85. The Morgan fingerprint density at radius 2 is 1.94 bits per heavy atom. The molecule has 0 N–H and O–H groups in total. The van der Waals surface area contributed by atoms with Crippen LogP contribution in [0.4, 0.5) is 0 Å². The molecule has 0 radical (unpaired) electrons. The highest BCUT2D eigenvalue weighted by Gasteiger charge is 2.15. The highest BCUT2D eigenvalue weighted by molar-refractivity contribution is 9.09. The van der Waals surface area contributed by atoms with Crippen molar-refractivity contribution in [3.05, 3.63) is 48.0 Å². The fourth-order valence-electron chi connectivity index (χ4n) is 2.06. The Labute approximate surface area is 116 Å². The van der Waals surface area contributed by atoms with E-state index >= 15 is 0 Å². The van der Waals surface area contributed by atoms with Crippen molar-refractivity contribution in [2.45, 2.75) is 32.2 Å². The van der Waals surface area contributed by atoms with Crippen LogP contribution in [0.25, 0.3) is 0 Å². The van der Waals surface area contributed by atoms with Gasteiger partial charge in [0, 0.05) is 23.7 Å². The van der Waals surface area contributed by atoms with Gasteiger partial charge in [-0.3, -0.25) is 0 Å². The maximum Gasteiger partial charge on any atom is 0.138 e. The number of aromatic nitrogens is 3. The van der Waals surface area contributed by atoms with Gasteiger partial charge < -0.3 is 0 Å². The van der Waals surface area contributed by atoms with Crippen LogP contribution in [0.15, 0.2) is 36.7 Å². The summed E-state index contributed by atoms with van der Waals surface area (Å²) in [5, 5.41) is 5.22. The highest BCUT2D eigenvalue weighted by atomic mass is 79.9. The minimum absolute atomic E-state index is 0.356. The largest absolute Gasteiger partial charge is 0.248 e. The SMILES string of the molecule is CC(C)n1ncnc1CC(CBr)c1ccccc1. The number of alkyl halides is 1. The molecular formula is C14H18BrN3. The molecule has 3 nitrogen and oxygen atoms in total. The van der Waals surface area contributed by atoms with E-state index in [0.29, 0.717) is 12.0 Å². The van der Waals surface area contributed by atoms with E-state index in [1.54, 1.807) is 6.33 Å². The van der Waals surface area contributed by atoms with Crippen LogP contribution < -0.4 is 0 Å². The van der Waals surface area contributed by atoms with Crippen molar-refractivity contribution in [1.29, 1.82) is 0 Å². The Kier molecular flexibility index (Phi) is 4.53. The van der Waals surface area contributed by atoms with Crippen LogP contribution in [0.5, 0.6) is 0 Å². The van der Waals surface area contributed by atoms with Gasteiger partial charge in [-0.2, -0.15) is 5.10 Å². The Bertz CT molecular complexity index is 479. The first-order chi connectivity index (χ1) is 8.72. The maximum absolute atomic E-state index is 4.38. The summed E-state index contributed by atoms with van der Waals surface area (Å²) in [7, 11) is 0. The lowest BCUT2D eigenvalue weighted by molar-refractivity contribution is 0.497. The predicted octanol–water partition coefficient (Wildman–Crippen LogP) is 3.58. The summed E-state index contributed by atoms with van der Waals surface area (Å²) in [6.45, 7) is 4.26. The maximum atomic E-state index is 4.38. The summed E-state index contributed by atoms with van der Waals surface area (Å²) >= 11 is 3.60. The molecule has 2 rings (SSSR count). The number of halogens is 1. The number of benzene rings is 1. The summed E-state index contributed by atoms with van der Waals surface area (Å²) in [5.74, 6) is 1.49. The fourth-order valence-corrected chi connectivity index (χ4v) is 2.66. The van der Waals surface area contributed by atoms with Crippen molar-refractivity contribution < 1.29 is 0 Å². The number of nitrogens with zero attached hydrogens (tertiary/aromatic N) is 3. The lowest BCUT2D eigenvalue weighted by Crippen LogP contribution is -2.13. The van der Waals surface area contributed by atoms with E-state index in [1.165, 1.54) is 5.56 Å². The molecule has 0 saturated heterocycles. The Morgan fingerprint density at radius 1 is 1.22 bits per heavy atom. The predicted molar refractivity (Wildman–Crippen MR) is 77.1 cm³/mol. The molecule has 1 atom stereocenters. The van der Waals surface area contributed by atoms with Crippen LogP contribution in [0, 0.1) is 0 Å². The highest BCUT2D eigenvalue weighted by Crippen LogP contribution is 2.22. The molecule has 0 aliphatic heterocycles. The molecule has 1 unspecified atom stereocenters. The average molecular weight is 308 g/mol. The summed E-state index contributed by atoms with van der Waals surface area (Å²) in [5.41, 5.74) is 1.34. The van der Waals surface area contributed by atoms with Gasteiger partial charge >= 0.3 is 0 Å². The van der Waals surface area contributed by atoms with Gasteiger partial charge in [-0.15, -0.1) is 0 Å². The molecule has 96 valence electrons. The Balaban J connectivity index is 2.18. The lowest BCUT2D eigenvalue weighted by Gasteiger charge is -2.16. The molecule has 0 bridgehead atoms. The van der Waals surface area contributed by atoms with E-state index in [0.717, 1.165) is 17.6 Å². The summed E-state index contributed by atoms with van der Waals surface area (Å²) in [4.78, 5) is 4.38. The standard InChI is InChI=1S/C14H18BrN3/c1-11(2)18-14(16-10-17-18)8-13(9-15)12-6-4-3-5-7-12/h3-7,10-11,13H,8-9H2,1-2H3. The normalized spacial score (nSPS) is 12.9. The molecule has 0 spiro atoms. The lowest BCUT2D eigenvalue weighted by atomic mass is 9.97. The second-order valence-corrected chi connectivity index (χ2v) is 5.33. The molecular weight excluding hydrogens is 290 g/mol. The van der Waals surface area contributed by atoms with E-state index < -0.39 is 0 Å². The second-order valence-electron chi connectivity index (χ2n) is 4.68. The molecule has 4 heteroatoms. The van der Waals surface area contributed by atoms with Crippen LogP contribution in [-0.2, 0) is 6.42 Å². The van der Waals surface area contributed by atoms with E-state index in [9.17, 15) is 0 Å². The first-order valence-electron chi connectivity index (χ1n) is 6.21. The third-order valence-corrected chi connectivity index (χ3v) is 3.80. The third kappa shape index (κ3) is 2.99. The number of hydrogen-bond acceptors (Lipinski definition) is 2. The molecule has 2 aromatic rings. The minimum atomic E-state index is 0.356. The fraction of sp³-hybridized carbons (Fsp3) is 0.429. The van der Waals surface area contributed by atoms with Crippen LogP contribution in [0.1, 0.15) is 37.2 Å². The molecule has 1 aromatic carbocycles. The smallest absolute Gasteiger partial charge is 0.138 e. The molecule has 0 fully saturated rings. The van der Waals surface area contributed by atoms with Crippen LogP contribution >= 0.6 is 15.9 Å². The topological polar surface area (TPSA) is 30.7 Å². The van der Waals surface area contributed by atoms with Gasteiger partial charge in [0.1, 0.15) is 12.2 Å². The van der Waals surface area contributed by atoms with Gasteiger partial charge in [0.2, 0.25) is 0 Å². The molecule has 0 saturated carbocycles. The zero-order valence-electron chi connectivity index (χ0n) is 10.8. The van der Waals surface area contributed by atoms with Gasteiger partial charge in [0.15, 0.2) is 0 Å². The van der Waals surface area contributed by atoms with E-state index in [1.807, 2.05) is 10.7 Å². The van der Waals surface area contributed by atoms with Crippen LogP contribution in [-0.4, -0.2) is 20.1 Å². The molecule has 0 aliphatic rings. The molecule has 1 aromatic heterocycles. The second kappa shape index (κ2) is 6.14. The van der Waals surface area contributed by atoms with Gasteiger partial charge in [-0.05, 0) is 19.4 Å². The van der Waals surface area contributed by atoms with Crippen molar-refractivity contribution in [3.8, 4) is 0 Å². The monoisotopic (exact) mass is 307 g/mol. The summed E-state index contributed by atoms with van der Waals surface area (Å²) in [6, 6.07) is 10.9. The van der Waals surface area contributed by atoms with E-state index in [-0.39, 0.29) is 0 Å². The number of rotatable bonds is 5. The van der Waals surface area contributed by atoms with Crippen molar-refractivity contribution in [3.63, 3.8) is 0 Å². The van der Waals surface area contributed by atoms with Crippen LogP contribution in [0.2, 0.25) is 0 Å². The minimum Gasteiger partial charge on any atom is -0.248 e.